The maximum absolute atomic E-state index is 6.72. The topological polar surface area (TPSA) is 148 Å². The Labute approximate surface area is 231 Å². The summed E-state index contributed by atoms with van der Waals surface area (Å²) in [6, 6.07) is 0. The van der Waals surface area contributed by atoms with E-state index >= 15 is 0 Å². The highest BCUT2D eigenvalue weighted by Crippen LogP contribution is 2.47. The molecule has 0 amide bonds. The standard InChI is InChI=1S/C14H21O15Si9/c1-5-31-19-37(13-10-16-13)22-32-21-33(6-2)24-34(7-3,28-37)26-36(18-30,12-9-15-12)27-35(8-4,25-33)29-38(20-31,23-32)14-11-17-14/h5-8,12-14H,1-4,9-11H2. The zero-order chi connectivity index (χ0) is 26.4. The molecule has 7 aliphatic rings. The van der Waals surface area contributed by atoms with E-state index in [1.807, 2.05) is 0 Å². The van der Waals surface area contributed by atoms with E-state index in [0.29, 0.717) is 13.2 Å². The summed E-state index contributed by atoms with van der Waals surface area (Å²) >= 11 is 0. The number of hydrogen-bond acceptors (Lipinski definition) is 15. The molecule has 0 aromatic carbocycles. The number of ether oxygens (including phenoxy) is 3. The van der Waals surface area contributed by atoms with Crippen molar-refractivity contribution < 1.29 is 63.6 Å². The Kier molecular flexibility index (Phi) is 6.54. The van der Waals surface area contributed by atoms with Gasteiger partial charge in [0, 0.05) is 0 Å². The second kappa shape index (κ2) is 9.15. The van der Waals surface area contributed by atoms with Crippen molar-refractivity contribution in [3.05, 3.63) is 49.1 Å². The number of hydrogen-bond donors (Lipinski definition) is 0. The van der Waals surface area contributed by atoms with Gasteiger partial charge in [0.2, 0.25) is 10.5 Å². The molecule has 0 spiro atoms. The van der Waals surface area contributed by atoms with Gasteiger partial charge in [0.25, 0.3) is 0 Å². The van der Waals surface area contributed by atoms with Crippen molar-refractivity contribution in [2.45, 2.75) is 17.2 Å². The average Bonchev–Trinajstić information content (AvgIpc) is 3.72. The lowest BCUT2D eigenvalue weighted by atomic mass is 11.0. The molecule has 7 aliphatic heterocycles. The second-order valence-corrected chi connectivity index (χ2v) is 30.4. The van der Waals surface area contributed by atoms with Gasteiger partial charge in [-0.2, -0.15) is 0 Å². The number of fused-ring (bicyclic) bond motifs is 4. The number of rotatable bonds is 8. The Bertz CT molecular complexity index is 1000. The van der Waals surface area contributed by atoms with Crippen LogP contribution in [0.2, 0.25) is 0 Å². The molecule has 7 fully saturated rings. The highest BCUT2D eigenvalue weighted by Gasteiger charge is 2.80. The van der Waals surface area contributed by atoms with Gasteiger partial charge in [-0.05, 0) is 22.8 Å². The van der Waals surface area contributed by atoms with Crippen LogP contribution in [0, 0.1) is 0 Å². The van der Waals surface area contributed by atoms with Crippen molar-refractivity contribution in [2.24, 2.45) is 0 Å². The summed E-state index contributed by atoms with van der Waals surface area (Å²) in [6.07, 6.45) is 0. The number of epoxide rings is 3. The molecule has 38 heavy (non-hydrogen) atoms. The lowest BCUT2D eigenvalue weighted by Gasteiger charge is -2.54. The molecule has 7 rings (SSSR count). The maximum Gasteiger partial charge on any atom is 0.554 e. The third-order valence-electron chi connectivity index (χ3n) is 6.11. The van der Waals surface area contributed by atoms with Crippen LogP contribution < -0.4 is 0 Å². The minimum atomic E-state index is -4.14. The molecule has 6 bridgehead atoms. The van der Waals surface area contributed by atoms with Crippen molar-refractivity contribution in [1.82, 2.24) is 0 Å². The van der Waals surface area contributed by atoms with Crippen LogP contribution in [0.15, 0.2) is 49.1 Å². The summed E-state index contributed by atoms with van der Waals surface area (Å²) in [5.74, 6) is 0. The molecule has 0 aromatic heterocycles. The van der Waals surface area contributed by atoms with E-state index in [-0.39, 0.29) is 6.61 Å². The zero-order valence-corrected chi connectivity index (χ0v) is 28.6. The molecule has 15 nitrogen and oxygen atoms in total. The third-order valence-corrected chi connectivity index (χ3v) is 35.4. The molecule has 0 aromatic rings. The first-order valence-electron chi connectivity index (χ1n) is 11.4. The summed E-state index contributed by atoms with van der Waals surface area (Å²) in [5.41, 5.74) is 3.97. The maximum atomic E-state index is 6.72. The van der Waals surface area contributed by atoms with Crippen LogP contribution in [0.4, 0.5) is 0 Å². The van der Waals surface area contributed by atoms with Crippen LogP contribution in [0.5, 0.6) is 0 Å². The highest BCUT2D eigenvalue weighted by molar-refractivity contribution is 7.01. The van der Waals surface area contributed by atoms with Crippen LogP contribution in [-0.4, -0.2) is 119 Å². The molecule has 7 heterocycles. The zero-order valence-electron chi connectivity index (χ0n) is 19.6. The molecular weight excluding hydrogens is 661 g/mol. The van der Waals surface area contributed by atoms with Crippen LogP contribution in [0.25, 0.3) is 0 Å². The van der Waals surface area contributed by atoms with Crippen LogP contribution in [-0.2, 0) is 63.6 Å². The quantitative estimate of drug-likeness (QED) is 0.208. The Hall–Kier alpha value is 0.312. The van der Waals surface area contributed by atoms with Crippen LogP contribution >= 0.6 is 0 Å². The Morgan fingerprint density at radius 1 is 0.632 bits per heavy atom. The Balaban J connectivity index is 1.48. The molecule has 0 aliphatic carbocycles. The van der Waals surface area contributed by atoms with Crippen molar-refractivity contribution in [3.63, 3.8) is 0 Å². The van der Waals surface area contributed by atoms with E-state index in [9.17, 15) is 0 Å². The van der Waals surface area contributed by atoms with Crippen molar-refractivity contribution in [1.29, 1.82) is 0 Å². The van der Waals surface area contributed by atoms with E-state index in [1.54, 1.807) is 0 Å². The van der Waals surface area contributed by atoms with Crippen molar-refractivity contribution in [2.75, 3.05) is 19.8 Å². The minimum Gasteiger partial charge on any atom is -0.415 e. The molecule has 24 heteroatoms. The SMILES string of the molecule is C=C[Si]1O[Si]2(C3CO3)O[Si]3O[Si]4(C=C)O[Si](C=C)(O2)O[Si](O[Si])(C2CO2)O[Si](C=C)(O4)O[Si](C2CO2)(O1)O3. The fraction of sp³-hybridized carbons (Fsp3) is 0.429. The van der Waals surface area contributed by atoms with Gasteiger partial charge in [0.05, 0.1) is 19.8 Å². The van der Waals surface area contributed by atoms with E-state index in [0.717, 1.165) is 0 Å². The lowest BCUT2D eigenvalue weighted by Crippen LogP contribution is -2.83. The van der Waals surface area contributed by atoms with Gasteiger partial charge >= 0.3 is 71.6 Å². The Morgan fingerprint density at radius 2 is 1.11 bits per heavy atom. The van der Waals surface area contributed by atoms with Crippen molar-refractivity contribution in [3.8, 4) is 0 Å². The normalized spacial score (nSPS) is 53.9. The molecule has 203 valence electrons. The van der Waals surface area contributed by atoms with Gasteiger partial charge in [0.15, 0.2) is 0 Å². The summed E-state index contributed by atoms with van der Waals surface area (Å²) in [4.78, 5) is 0. The average molecular weight is 682 g/mol. The molecular formula is C14H21O15Si9. The predicted octanol–water partition coefficient (Wildman–Crippen LogP) is -1.86. The van der Waals surface area contributed by atoms with E-state index in [1.165, 1.54) is 22.8 Å². The summed E-state index contributed by atoms with van der Waals surface area (Å²) in [6.45, 7) is 16.6. The summed E-state index contributed by atoms with van der Waals surface area (Å²) < 4.78 is 95.3. The van der Waals surface area contributed by atoms with Gasteiger partial charge in [-0.15, -0.1) is 26.3 Å². The van der Waals surface area contributed by atoms with Crippen molar-refractivity contribution >= 4 is 82.1 Å². The first kappa shape index (κ1) is 27.2. The first-order chi connectivity index (χ1) is 18.2. The van der Waals surface area contributed by atoms with E-state index < -0.39 is 88.8 Å². The third kappa shape index (κ3) is 4.33. The summed E-state index contributed by atoms with van der Waals surface area (Å²) in [5, 5.41) is 0. The smallest absolute Gasteiger partial charge is 0.415 e. The van der Waals surface area contributed by atoms with Gasteiger partial charge in [-0.3, -0.25) is 0 Å². The molecule has 0 saturated carbocycles. The molecule has 7 saturated heterocycles. The second-order valence-electron chi connectivity index (χ2n) is 8.70. The van der Waals surface area contributed by atoms with Crippen LogP contribution in [0.1, 0.15) is 0 Å². The van der Waals surface area contributed by atoms with Gasteiger partial charge in [-0.25, -0.2) is 0 Å². The largest absolute Gasteiger partial charge is 0.554 e. The van der Waals surface area contributed by atoms with E-state index in [2.05, 4.69) is 36.8 Å². The van der Waals surface area contributed by atoms with Gasteiger partial charge in [-0.1, -0.05) is 0 Å². The first-order valence-corrected chi connectivity index (χ1v) is 25.2. The lowest BCUT2D eigenvalue weighted by molar-refractivity contribution is 0.0183. The predicted molar refractivity (Wildman–Crippen MR) is 135 cm³/mol. The molecule has 0 N–H and O–H groups in total. The monoisotopic (exact) mass is 681 g/mol. The summed E-state index contributed by atoms with van der Waals surface area (Å²) in [7, 11) is -26.1. The van der Waals surface area contributed by atoms with Gasteiger partial charge < -0.3 is 63.6 Å². The molecule has 7 atom stereocenters. The highest BCUT2D eigenvalue weighted by atomic mass is 28.6. The van der Waals surface area contributed by atoms with Gasteiger partial charge in [0.1, 0.15) is 17.2 Å². The molecule has 5 radical (unpaired) electrons. The fourth-order valence-corrected chi connectivity index (χ4v) is 40.5. The van der Waals surface area contributed by atoms with Crippen LogP contribution in [0.3, 0.4) is 0 Å². The minimum absolute atomic E-state index is 0.278. The fourth-order valence-electron chi connectivity index (χ4n) is 4.08. The Morgan fingerprint density at radius 3 is 1.47 bits per heavy atom. The van der Waals surface area contributed by atoms with E-state index in [4.69, 9.17) is 63.6 Å². The molecule has 7 unspecified atom stereocenters.